The van der Waals surface area contributed by atoms with Crippen LogP contribution in [0.15, 0.2) is 79.1 Å². The number of piperidine rings is 1. The first-order valence-corrected chi connectivity index (χ1v) is 12.0. The van der Waals surface area contributed by atoms with Crippen LogP contribution in [0.2, 0.25) is 0 Å². The summed E-state index contributed by atoms with van der Waals surface area (Å²) in [6, 6.07) is 23.9. The van der Waals surface area contributed by atoms with E-state index in [1.165, 1.54) is 11.3 Å². The van der Waals surface area contributed by atoms with Gasteiger partial charge < -0.3 is 15.4 Å². The van der Waals surface area contributed by atoms with Crippen LogP contribution < -0.4 is 10.2 Å². The quantitative estimate of drug-likeness (QED) is 0.450. The van der Waals surface area contributed by atoms with Gasteiger partial charge in [-0.05, 0) is 36.6 Å². The molecule has 8 heteroatoms. The molecule has 0 radical (unpaired) electrons. The number of fused-ring (bicyclic) bond motifs is 1. The van der Waals surface area contributed by atoms with Gasteiger partial charge in [0.1, 0.15) is 5.82 Å². The average Bonchev–Trinajstić information content (AvgIpc) is 3.38. The number of halogens is 1. The van der Waals surface area contributed by atoms with Gasteiger partial charge in [0.25, 0.3) is 0 Å². The Kier molecular flexibility index (Phi) is 8.03. The van der Waals surface area contributed by atoms with Crippen LogP contribution >= 0.6 is 12.4 Å². The van der Waals surface area contributed by atoms with E-state index in [-0.39, 0.29) is 17.9 Å². The van der Waals surface area contributed by atoms with Crippen LogP contribution in [0.1, 0.15) is 36.2 Å². The molecule has 2 aromatic carbocycles. The summed E-state index contributed by atoms with van der Waals surface area (Å²) in [4.78, 5) is 18.0. The summed E-state index contributed by atoms with van der Waals surface area (Å²) in [7, 11) is 0. The van der Waals surface area contributed by atoms with E-state index in [1.807, 2.05) is 18.5 Å². The second-order valence-corrected chi connectivity index (χ2v) is 9.18. The zero-order chi connectivity index (χ0) is 22.0. The fourth-order valence-corrected chi connectivity index (χ4v) is 5.39. The number of piperazine rings is 1. The topological polar surface area (TPSA) is 91.6 Å². The van der Waals surface area contributed by atoms with Gasteiger partial charge in [-0.15, -0.1) is 12.4 Å². The Labute approximate surface area is 212 Å². The summed E-state index contributed by atoms with van der Waals surface area (Å²) < 4.78 is 0. The molecule has 4 N–H and O–H groups in total. The minimum absolute atomic E-state index is 0. The second-order valence-electron chi connectivity index (χ2n) is 9.18. The predicted octanol–water partition coefficient (Wildman–Crippen LogP) is 3.91. The molecule has 0 aliphatic carbocycles. The van der Waals surface area contributed by atoms with E-state index in [1.54, 1.807) is 0 Å². The third kappa shape index (κ3) is 5.33. The van der Waals surface area contributed by atoms with E-state index in [0.29, 0.717) is 18.1 Å². The summed E-state index contributed by atoms with van der Waals surface area (Å²) in [6.07, 6.45) is 6.24. The molecule has 0 amide bonds. The van der Waals surface area contributed by atoms with Gasteiger partial charge >= 0.3 is 0 Å². The zero-order valence-corrected chi connectivity index (χ0v) is 20.5. The Bertz CT molecular complexity index is 1200. The van der Waals surface area contributed by atoms with Gasteiger partial charge in [-0.1, -0.05) is 48.5 Å². The highest BCUT2D eigenvalue weighted by atomic mass is 35.5. The van der Waals surface area contributed by atoms with Crippen LogP contribution in [-0.2, 0) is 0 Å². The molecule has 2 fully saturated rings. The van der Waals surface area contributed by atoms with E-state index >= 15 is 0 Å². The fourth-order valence-electron chi connectivity index (χ4n) is 5.39. The number of rotatable bonds is 4. The standard InChI is InChI=1S/C27H30N6.ClH.H2O/c1-3-7-20(8-4-1)24-17-21(27-29-19-25-23(31-27)11-12-28-25)18-26(30-24)33-15-13-32(14-16-33)22-9-5-2-6-10-22;;/h1-12,19,21,24,26,28,30H,13-18H2;1H;1H2. The summed E-state index contributed by atoms with van der Waals surface area (Å²) in [5, 5.41) is 3.97. The Hall–Kier alpha value is -2.97. The van der Waals surface area contributed by atoms with E-state index in [0.717, 1.165) is 55.9 Å². The molecule has 35 heavy (non-hydrogen) atoms. The number of benzene rings is 2. The molecule has 184 valence electrons. The Balaban J connectivity index is 0.00000144. The molecule has 3 atom stereocenters. The normalized spacial score (nSPS) is 22.9. The van der Waals surface area contributed by atoms with Crippen molar-refractivity contribution in [1.82, 2.24) is 25.2 Å². The minimum atomic E-state index is 0. The lowest BCUT2D eigenvalue weighted by molar-refractivity contribution is 0.0990. The molecular formula is C27H33ClN6O. The number of hydrogen-bond acceptors (Lipinski definition) is 5. The predicted molar refractivity (Wildman–Crippen MR) is 143 cm³/mol. The molecule has 3 unspecified atom stereocenters. The average molecular weight is 493 g/mol. The minimum Gasteiger partial charge on any atom is -0.412 e. The molecule has 7 nitrogen and oxygen atoms in total. The third-order valence-corrected chi connectivity index (χ3v) is 7.18. The van der Waals surface area contributed by atoms with Crippen LogP contribution in [-0.4, -0.2) is 57.7 Å². The molecule has 2 aliphatic heterocycles. The van der Waals surface area contributed by atoms with Crippen molar-refractivity contribution in [1.29, 1.82) is 0 Å². The summed E-state index contributed by atoms with van der Waals surface area (Å²) in [5.74, 6) is 1.30. The van der Waals surface area contributed by atoms with Crippen molar-refractivity contribution in [3.05, 3.63) is 90.5 Å². The van der Waals surface area contributed by atoms with Crippen LogP contribution in [0.4, 0.5) is 5.69 Å². The van der Waals surface area contributed by atoms with Crippen molar-refractivity contribution in [3.8, 4) is 0 Å². The van der Waals surface area contributed by atoms with Crippen molar-refractivity contribution in [2.24, 2.45) is 0 Å². The number of aromatic nitrogens is 3. The smallest absolute Gasteiger partial charge is 0.132 e. The number of hydrogen-bond donors (Lipinski definition) is 2. The molecule has 0 saturated carbocycles. The van der Waals surface area contributed by atoms with E-state index < -0.39 is 0 Å². The SMILES string of the molecule is Cl.O.c1ccc(C2CC(c3ncc4[nH]ccc4n3)CC(N3CCN(c4ccccc4)CC3)N2)cc1. The third-order valence-electron chi connectivity index (χ3n) is 7.18. The highest BCUT2D eigenvalue weighted by molar-refractivity contribution is 5.85. The second kappa shape index (κ2) is 11.2. The molecule has 6 rings (SSSR count). The maximum absolute atomic E-state index is 4.92. The number of para-hydroxylation sites is 1. The molecular weight excluding hydrogens is 460 g/mol. The van der Waals surface area contributed by atoms with Gasteiger partial charge in [0.15, 0.2) is 0 Å². The maximum Gasteiger partial charge on any atom is 0.132 e. The lowest BCUT2D eigenvalue weighted by atomic mass is 9.86. The molecule has 4 heterocycles. The first kappa shape index (κ1) is 25.1. The van der Waals surface area contributed by atoms with Crippen molar-refractivity contribution in [2.45, 2.75) is 31.0 Å². The van der Waals surface area contributed by atoms with Gasteiger partial charge in [-0.2, -0.15) is 0 Å². The van der Waals surface area contributed by atoms with Gasteiger partial charge in [0, 0.05) is 50.0 Å². The Morgan fingerprint density at radius 2 is 1.54 bits per heavy atom. The lowest BCUT2D eigenvalue weighted by Crippen LogP contribution is -2.57. The monoisotopic (exact) mass is 492 g/mol. The highest BCUT2D eigenvalue weighted by Crippen LogP contribution is 2.36. The van der Waals surface area contributed by atoms with Crippen LogP contribution in [0.5, 0.6) is 0 Å². The largest absolute Gasteiger partial charge is 0.412 e. The molecule has 0 bridgehead atoms. The Morgan fingerprint density at radius 3 is 2.29 bits per heavy atom. The van der Waals surface area contributed by atoms with Gasteiger partial charge in [0.05, 0.1) is 23.4 Å². The number of H-pyrrole nitrogens is 1. The fraction of sp³-hybridized carbons (Fsp3) is 0.333. The van der Waals surface area contributed by atoms with Gasteiger partial charge in [0.2, 0.25) is 0 Å². The van der Waals surface area contributed by atoms with Crippen LogP contribution in [0.25, 0.3) is 11.0 Å². The van der Waals surface area contributed by atoms with Crippen molar-refractivity contribution in [2.75, 3.05) is 31.1 Å². The zero-order valence-electron chi connectivity index (χ0n) is 19.7. The molecule has 2 aromatic heterocycles. The van der Waals surface area contributed by atoms with Crippen LogP contribution in [0.3, 0.4) is 0 Å². The number of aromatic amines is 1. The highest BCUT2D eigenvalue weighted by Gasteiger charge is 2.35. The molecule has 0 spiro atoms. The Morgan fingerprint density at radius 1 is 0.829 bits per heavy atom. The number of nitrogens with one attached hydrogen (secondary N) is 2. The van der Waals surface area contributed by atoms with Crippen LogP contribution in [0, 0.1) is 0 Å². The molecule has 2 aliphatic rings. The van der Waals surface area contributed by atoms with Gasteiger partial charge in [-0.25, -0.2) is 9.97 Å². The number of nitrogens with zero attached hydrogens (tertiary/aromatic N) is 4. The van der Waals surface area contributed by atoms with Crippen molar-refractivity contribution in [3.63, 3.8) is 0 Å². The number of anilines is 1. The van der Waals surface area contributed by atoms with Gasteiger partial charge in [-0.3, -0.25) is 10.2 Å². The first-order chi connectivity index (χ1) is 16.3. The molecule has 4 aromatic rings. The van der Waals surface area contributed by atoms with Crippen molar-refractivity contribution < 1.29 is 5.48 Å². The maximum atomic E-state index is 4.92. The van der Waals surface area contributed by atoms with E-state index in [9.17, 15) is 0 Å². The first-order valence-electron chi connectivity index (χ1n) is 12.0. The van der Waals surface area contributed by atoms with E-state index in [2.05, 4.69) is 80.8 Å². The van der Waals surface area contributed by atoms with E-state index in [4.69, 9.17) is 9.97 Å². The lowest BCUT2D eigenvalue weighted by Gasteiger charge is -2.45. The molecule has 2 saturated heterocycles. The summed E-state index contributed by atoms with van der Waals surface area (Å²) in [6.45, 7) is 4.21. The van der Waals surface area contributed by atoms with Crippen molar-refractivity contribution >= 4 is 29.1 Å². The summed E-state index contributed by atoms with van der Waals surface area (Å²) >= 11 is 0. The summed E-state index contributed by atoms with van der Waals surface area (Å²) in [5.41, 5.74) is 4.67.